The van der Waals surface area contributed by atoms with Gasteiger partial charge in [0.2, 0.25) is 5.91 Å². The minimum absolute atomic E-state index is 0.0774. The third-order valence-electron chi connectivity index (χ3n) is 4.35. The van der Waals surface area contributed by atoms with E-state index in [2.05, 4.69) is 5.32 Å². The highest BCUT2D eigenvalue weighted by atomic mass is 35.5. The number of rotatable bonds is 7. The average Bonchev–Trinajstić information content (AvgIpc) is 3.06. The largest absolute Gasteiger partial charge is 0.496 e. The molecule has 0 saturated carbocycles. The zero-order valence-electron chi connectivity index (χ0n) is 15.7. The molecular formula is C21H23ClN2O3. The first-order chi connectivity index (χ1) is 13.0. The maximum absolute atomic E-state index is 12.4. The Balaban J connectivity index is 1.59. The van der Waals surface area contributed by atoms with Gasteiger partial charge in [-0.3, -0.25) is 9.69 Å². The van der Waals surface area contributed by atoms with Gasteiger partial charge in [-0.05, 0) is 44.3 Å². The standard InChI is InChI=1S/C21H23ClN2O3/c1-14(20-11-15-6-4-5-7-19(15)27-20)23-21(25)13-24(2)12-16-10-17(22)8-9-18(16)26-3/h4-11,14H,12-13H2,1-3H3,(H,23,25)/t14-/m1/s1. The quantitative estimate of drug-likeness (QED) is 0.653. The van der Waals surface area contributed by atoms with Gasteiger partial charge in [-0.15, -0.1) is 0 Å². The van der Waals surface area contributed by atoms with Crippen LogP contribution in [0.25, 0.3) is 11.0 Å². The van der Waals surface area contributed by atoms with Gasteiger partial charge in [-0.25, -0.2) is 0 Å². The molecule has 0 aliphatic heterocycles. The van der Waals surface area contributed by atoms with Crippen molar-refractivity contribution in [2.24, 2.45) is 0 Å². The topological polar surface area (TPSA) is 54.7 Å². The Hall–Kier alpha value is -2.50. The maximum Gasteiger partial charge on any atom is 0.234 e. The van der Waals surface area contributed by atoms with Crippen LogP contribution in [0, 0.1) is 0 Å². The normalized spacial score (nSPS) is 12.3. The van der Waals surface area contributed by atoms with Crippen LogP contribution in [0.2, 0.25) is 5.02 Å². The van der Waals surface area contributed by atoms with Gasteiger partial charge in [0.1, 0.15) is 17.1 Å². The van der Waals surface area contributed by atoms with E-state index in [9.17, 15) is 4.79 Å². The second kappa shape index (κ2) is 8.46. The fourth-order valence-corrected chi connectivity index (χ4v) is 3.23. The van der Waals surface area contributed by atoms with Crippen molar-refractivity contribution < 1.29 is 13.9 Å². The van der Waals surface area contributed by atoms with E-state index >= 15 is 0 Å². The lowest BCUT2D eigenvalue weighted by Crippen LogP contribution is -2.36. The predicted octanol–water partition coefficient (Wildman–Crippen LogP) is 4.40. The molecule has 0 unspecified atom stereocenters. The minimum atomic E-state index is -0.209. The minimum Gasteiger partial charge on any atom is -0.496 e. The number of carbonyl (C=O) groups excluding carboxylic acids is 1. The highest BCUT2D eigenvalue weighted by Gasteiger charge is 2.16. The maximum atomic E-state index is 12.4. The van der Waals surface area contributed by atoms with E-state index in [1.165, 1.54) is 0 Å². The molecule has 0 aliphatic carbocycles. The van der Waals surface area contributed by atoms with Gasteiger partial charge in [0.25, 0.3) is 0 Å². The summed E-state index contributed by atoms with van der Waals surface area (Å²) in [5.74, 6) is 1.41. The number of methoxy groups -OCH3 is 1. The second-order valence-corrected chi connectivity index (χ2v) is 7.04. The first kappa shape index (κ1) is 19.3. The molecule has 1 atom stereocenters. The molecule has 27 heavy (non-hydrogen) atoms. The van der Waals surface area contributed by atoms with Crippen LogP contribution in [-0.4, -0.2) is 31.5 Å². The van der Waals surface area contributed by atoms with Crippen molar-refractivity contribution in [3.05, 3.63) is 64.9 Å². The first-order valence-electron chi connectivity index (χ1n) is 8.75. The summed E-state index contributed by atoms with van der Waals surface area (Å²) >= 11 is 6.07. The molecular weight excluding hydrogens is 364 g/mol. The molecule has 142 valence electrons. The lowest BCUT2D eigenvalue weighted by atomic mass is 10.2. The number of nitrogens with zero attached hydrogens (tertiary/aromatic N) is 1. The molecule has 0 aliphatic rings. The van der Waals surface area contributed by atoms with Crippen molar-refractivity contribution in [1.82, 2.24) is 10.2 Å². The number of benzene rings is 2. The molecule has 0 spiro atoms. The summed E-state index contributed by atoms with van der Waals surface area (Å²) in [6, 6.07) is 15.0. The van der Waals surface area contributed by atoms with E-state index in [0.717, 1.165) is 28.0 Å². The van der Waals surface area contributed by atoms with Gasteiger partial charge in [0, 0.05) is 22.5 Å². The zero-order chi connectivity index (χ0) is 19.4. The van der Waals surface area contributed by atoms with Crippen molar-refractivity contribution >= 4 is 28.5 Å². The fraction of sp³-hybridized carbons (Fsp3) is 0.286. The summed E-state index contributed by atoms with van der Waals surface area (Å²) in [7, 11) is 3.50. The zero-order valence-corrected chi connectivity index (χ0v) is 16.4. The Labute approximate surface area is 163 Å². The van der Waals surface area contributed by atoms with Gasteiger partial charge < -0.3 is 14.5 Å². The number of nitrogens with one attached hydrogen (secondary N) is 1. The van der Waals surface area contributed by atoms with E-state index in [4.69, 9.17) is 20.8 Å². The van der Waals surface area contributed by atoms with Crippen LogP contribution in [0.15, 0.2) is 52.9 Å². The van der Waals surface area contributed by atoms with Crippen molar-refractivity contribution in [2.45, 2.75) is 19.5 Å². The van der Waals surface area contributed by atoms with Crippen molar-refractivity contribution in [3.63, 3.8) is 0 Å². The number of carbonyl (C=O) groups is 1. The molecule has 1 amide bonds. The van der Waals surface area contributed by atoms with Crippen molar-refractivity contribution in [2.75, 3.05) is 20.7 Å². The summed E-state index contributed by atoms with van der Waals surface area (Å²) in [5, 5.41) is 4.65. The molecule has 1 heterocycles. The van der Waals surface area contributed by atoms with Crippen LogP contribution in [0.5, 0.6) is 5.75 Å². The number of furan rings is 1. The number of ether oxygens (including phenoxy) is 1. The Bertz CT molecular complexity index is 905. The summed E-state index contributed by atoms with van der Waals surface area (Å²) in [5.41, 5.74) is 1.75. The smallest absolute Gasteiger partial charge is 0.234 e. The lowest BCUT2D eigenvalue weighted by Gasteiger charge is -2.19. The Morgan fingerprint density at radius 3 is 2.78 bits per heavy atom. The van der Waals surface area contributed by atoms with Gasteiger partial charge >= 0.3 is 0 Å². The van der Waals surface area contributed by atoms with Gasteiger partial charge in [-0.2, -0.15) is 0 Å². The highest BCUT2D eigenvalue weighted by molar-refractivity contribution is 6.30. The van der Waals surface area contributed by atoms with Crippen LogP contribution in [-0.2, 0) is 11.3 Å². The van der Waals surface area contributed by atoms with Crippen molar-refractivity contribution in [3.8, 4) is 5.75 Å². The third kappa shape index (κ3) is 4.81. The van der Waals surface area contributed by atoms with Crippen molar-refractivity contribution in [1.29, 1.82) is 0 Å². The average molecular weight is 387 g/mol. The van der Waals surface area contributed by atoms with E-state index in [0.29, 0.717) is 11.6 Å². The van der Waals surface area contributed by atoms with Crippen LogP contribution in [0.3, 0.4) is 0 Å². The van der Waals surface area contributed by atoms with Gasteiger partial charge in [0.05, 0.1) is 19.7 Å². The Morgan fingerprint density at radius 2 is 2.04 bits per heavy atom. The van der Waals surface area contributed by atoms with E-state index in [1.807, 2.05) is 61.3 Å². The number of para-hydroxylation sites is 1. The molecule has 3 rings (SSSR count). The summed E-state index contributed by atoms with van der Waals surface area (Å²) < 4.78 is 11.2. The number of hydrogen-bond donors (Lipinski definition) is 1. The van der Waals surface area contributed by atoms with Crippen LogP contribution in [0.4, 0.5) is 0 Å². The molecule has 3 aromatic rings. The molecule has 1 N–H and O–H groups in total. The van der Waals surface area contributed by atoms with Gasteiger partial charge in [0.15, 0.2) is 0 Å². The summed E-state index contributed by atoms with van der Waals surface area (Å²) in [4.78, 5) is 14.3. The molecule has 2 aromatic carbocycles. The van der Waals surface area contributed by atoms with Crippen LogP contribution >= 0.6 is 11.6 Å². The molecule has 1 aromatic heterocycles. The van der Waals surface area contributed by atoms with E-state index in [-0.39, 0.29) is 18.5 Å². The Morgan fingerprint density at radius 1 is 1.26 bits per heavy atom. The number of amides is 1. The summed E-state index contributed by atoms with van der Waals surface area (Å²) in [6.45, 7) is 2.71. The van der Waals surface area contributed by atoms with E-state index in [1.54, 1.807) is 13.2 Å². The first-order valence-corrected chi connectivity index (χ1v) is 9.13. The number of likely N-dealkylation sites (N-methyl/N-ethyl adjacent to an activating group) is 1. The fourth-order valence-electron chi connectivity index (χ4n) is 3.04. The molecule has 0 saturated heterocycles. The monoisotopic (exact) mass is 386 g/mol. The molecule has 0 fully saturated rings. The van der Waals surface area contributed by atoms with E-state index < -0.39 is 0 Å². The predicted molar refractivity (Wildman–Crippen MR) is 107 cm³/mol. The van der Waals surface area contributed by atoms with Gasteiger partial charge in [-0.1, -0.05) is 29.8 Å². The SMILES string of the molecule is COc1ccc(Cl)cc1CN(C)CC(=O)N[C@H](C)c1cc2ccccc2o1. The van der Waals surface area contributed by atoms with Crippen LogP contribution < -0.4 is 10.1 Å². The molecule has 0 radical (unpaired) electrons. The highest BCUT2D eigenvalue weighted by Crippen LogP contribution is 2.25. The summed E-state index contributed by atoms with van der Waals surface area (Å²) in [6.07, 6.45) is 0. The lowest BCUT2D eigenvalue weighted by molar-refractivity contribution is -0.122. The number of hydrogen-bond acceptors (Lipinski definition) is 4. The third-order valence-corrected chi connectivity index (χ3v) is 4.58. The Kier molecular flexibility index (Phi) is 6.04. The number of halogens is 1. The molecule has 0 bridgehead atoms. The molecule has 5 nitrogen and oxygen atoms in total. The van der Waals surface area contributed by atoms with Crippen LogP contribution in [0.1, 0.15) is 24.3 Å². The number of fused-ring (bicyclic) bond motifs is 1. The second-order valence-electron chi connectivity index (χ2n) is 6.60. The molecule has 6 heteroatoms.